The van der Waals surface area contributed by atoms with Crippen LogP contribution in [-0.4, -0.2) is 15.0 Å². The molecule has 0 aliphatic heterocycles. The second-order valence-electron chi connectivity index (χ2n) is 16.6. The summed E-state index contributed by atoms with van der Waals surface area (Å²) in [6.07, 6.45) is 8.38. The summed E-state index contributed by atoms with van der Waals surface area (Å²) >= 11 is 0. The molecule has 0 radical (unpaired) electrons. The predicted octanol–water partition coefficient (Wildman–Crippen LogP) is 12.0. The van der Waals surface area contributed by atoms with Gasteiger partial charge in [-0.25, -0.2) is 15.0 Å². The molecule has 0 spiro atoms. The molecule has 1 aromatic heterocycles. The lowest BCUT2D eigenvalue weighted by Crippen LogP contribution is -2.48. The molecule has 6 aromatic carbocycles. The smallest absolute Gasteiger partial charge is 0.164 e. The van der Waals surface area contributed by atoms with E-state index in [0.29, 0.717) is 28.5 Å². The first-order valence-corrected chi connectivity index (χ1v) is 19.9. The fourth-order valence-electron chi connectivity index (χ4n) is 11.1. The standard InChI is InChI=1S/C51H40N4/c52-31-32-11-21-43-44-22-18-41(27-46(44)47(45(43)26-32)38-9-5-2-6-10-38)50-54-48(39-14-12-37(13-15-39)36-7-3-1-4-8-36)53-49(55-50)40-16-19-42(20-17-40)51-28-33-23-34(29-51)25-35(24-33)30-51/h1-22,26-27,33-35,47H,23-25,28-30H2/t33-,34-,35-,47?,51?. The van der Waals surface area contributed by atoms with E-state index in [1.165, 1.54) is 71.9 Å². The summed E-state index contributed by atoms with van der Waals surface area (Å²) in [5.74, 6) is 4.72. The lowest BCUT2D eigenvalue weighted by atomic mass is 9.48. The zero-order valence-corrected chi connectivity index (χ0v) is 30.7. The van der Waals surface area contributed by atoms with Gasteiger partial charge in [-0.15, -0.1) is 0 Å². The molecule has 0 saturated heterocycles. The molecular weight excluding hydrogens is 669 g/mol. The van der Waals surface area contributed by atoms with Crippen LogP contribution in [0.2, 0.25) is 0 Å². The van der Waals surface area contributed by atoms with E-state index in [2.05, 4.69) is 140 Å². The van der Waals surface area contributed by atoms with Crippen LogP contribution in [0.3, 0.4) is 0 Å². The van der Waals surface area contributed by atoms with Crippen molar-refractivity contribution in [3.8, 4) is 62.5 Å². The van der Waals surface area contributed by atoms with Gasteiger partial charge in [-0.3, -0.25) is 0 Å². The van der Waals surface area contributed by atoms with E-state index in [1.807, 2.05) is 12.1 Å². The molecule has 1 unspecified atom stereocenters. The van der Waals surface area contributed by atoms with Gasteiger partial charge >= 0.3 is 0 Å². The van der Waals surface area contributed by atoms with E-state index < -0.39 is 0 Å². The molecule has 4 fully saturated rings. The Morgan fingerprint density at radius 1 is 0.473 bits per heavy atom. The second kappa shape index (κ2) is 12.7. The number of benzene rings is 6. The maximum atomic E-state index is 9.81. The van der Waals surface area contributed by atoms with Crippen LogP contribution in [0.5, 0.6) is 0 Å². The maximum absolute atomic E-state index is 9.81. The number of nitrogens with zero attached hydrogens (tertiary/aromatic N) is 4. The van der Waals surface area contributed by atoms with Crippen LogP contribution < -0.4 is 0 Å². The maximum Gasteiger partial charge on any atom is 0.164 e. The summed E-state index contributed by atoms with van der Waals surface area (Å²) in [6, 6.07) is 53.9. The number of nitriles is 1. The highest BCUT2D eigenvalue weighted by Crippen LogP contribution is 2.60. The van der Waals surface area contributed by atoms with E-state index in [9.17, 15) is 5.26 Å². The Bertz CT molecular complexity index is 2590. The molecule has 1 atom stereocenters. The minimum Gasteiger partial charge on any atom is -0.208 e. The van der Waals surface area contributed by atoms with Crippen LogP contribution in [0, 0.1) is 29.1 Å². The van der Waals surface area contributed by atoms with Crippen molar-refractivity contribution in [3.63, 3.8) is 0 Å². The van der Waals surface area contributed by atoms with E-state index >= 15 is 0 Å². The Labute approximate surface area is 322 Å². The van der Waals surface area contributed by atoms with Gasteiger partial charge in [-0.2, -0.15) is 5.26 Å². The highest BCUT2D eigenvalue weighted by molar-refractivity contribution is 5.84. The van der Waals surface area contributed by atoms with Crippen molar-refractivity contribution in [3.05, 3.63) is 173 Å². The highest BCUT2D eigenvalue weighted by Gasteiger charge is 2.51. The second-order valence-corrected chi connectivity index (χ2v) is 16.6. The van der Waals surface area contributed by atoms with Crippen molar-refractivity contribution in [1.29, 1.82) is 5.26 Å². The monoisotopic (exact) mass is 708 g/mol. The van der Waals surface area contributed by atoms with Crippen molar-refractivity contribution < 1.29 is 0 Å². The molecule has 0 N–H and O–H groups in total. The molecular formula is C51H40N4. The lowest BCUT2D eigenvalue weighted by Gasteiger charge is -2.57. The topological polar surface area (TPSA) is 62.5 Å². The molecule has 5 aliphatic carbocycles. The van der Waals surface area contributed by atoms with Crippen LogP contribution in [0.25, 0.3) is 56.4 Å². The zero-order chi connectivity index (χ0) is 36.5. The minimum absolute atomic E-state index is 0.00267. The molecule has 1 heterocycles. The molecule has 5 aliphatic rings. The molecule has 4 nitrogen and oxygen atoms in total. The van der Waals surface area contributed by atoms with Crippen LogP contribution in [-0.2, 0) is 5.41 Å². The largest absolute Gasteiger partial charge is 0.208 e. The molecule has 7 aromatic rings. The van der Waals surface area contributed by atoms with Gasteiger partial charge in [-0.1, -0.05) is 127 Å². The average molecular weight is 709 g/mol. The first-order chi connectivity index (χ1) is 27.1. The van der Waals surface area contributed by atoms with Crippen LogP contribution in [0.4, 0.5) is 0 Å². The number of aromatic nitrogens is 3. The molecule has 4 saturated carbocycles. The van der Waals surface area contributed by atoms with E-state index in [-0.39, 0.29) is 5.92 Å². The highest BCUT2D eigenvalue weighted by atomic mass is 15.0. The summed E-state index contributed by atoms with van der Waals surface area (Å²) < 4.78 is 0. The van der Waals surface area contributed by atoms with Gasteiger partial charge in [0.05, 0.1) is 11.6 Å². The Hall–Kier alpha value is -6.18. The number of rotatable bonds is 6. The summed E-state index contributed by atoms with van der Waals surface area (Å²) in [6.45, 7) is 0. The fraction of sp³-hybridized carbons (Fsp3) is 0.216. The summed E-state index contributed by atoms with van der Waals surface area (Å²) in [5, 5.41) is 9.81. The van der Waals surface area contributed by atoms with Crippen LogP contribution in [0.1, 0.15) is 72.3 Å². The van der Waals surface area contributed by atoms with Gasteiger partial charge in [0.25, 0.3) is 0 Å². The van der Waals surface area contributed by atoms with Crippen molar-refractivity contribution in [1.82, 2.24) is 15.0 Å². The van der Waals surface area contributed by atoms with Gasteiger partial charge in [-0.05, 0) is 124 Å². The third-order valence-electron chi connectivity index (χ3n) is 13.2. The minimum atomic E-state index is 0.00267. The zero-order valence-electron chi connectivity index (χ0n) is 30.7. The Kier molecular flexibility index (Phi) is 7.46. The SMILES string of the molecule is N#Cc1ccc2c(c1)C(c1ccccc1)c1cc(-c3nc(-c4ccc(-c5ccccc5)cc4)nc(-c4ccc(C56C[C@H]7C[C@H](C5)C[C@@H](C6)C7)cc4)n3)ccc1-2. The average Bonchev–Trinajstić information content (AvgIpc) is 3.56. The van der Waals surface area contributed by atoms with Gasteiger partial charge < -0.3 is 0 Å². The summed E-state index contributed by atoms with van der Waals surface area (Å²) in [5.41, 5.74) is 13.7. The Balaban J connectivity index is 1.02. The Morgan fingerprint density at radius 2 is 0.945 bits per heavy atom. The number of hydrogen-bond acceptors (Lipinski definition) is 4. The molecule has 55 heavy (non-hydrogen) atoms. The third kappa shape index (κ3) is 5.52. The Morgan fingerprint density at radius 3 is 1.55 bits per heavy atom. The van der Waals surface area contributed by atoms with Gasteiger partial charge in [0, 0.05) is 22.6 Å². The number of fused-ring (bicyclic) bond motifs is 3. The third-order valence-corrected chi connectivity index (χ3v) is 13.2. The van der Waals surface area contributed by atoms with Crippen molar-refractivity contribution in [2.75, 3.05) is 0 Å². The molecule has 264 valence electrons. The van der Waals surface area contributed by atoms with Crippen molar-refractivity contribution in [2.24, 2.45) is 17.8 Å². The van der Waals surface area contributed by atoms with Crippen molar-refractivity contribution in [2.45, 2.75) is 49.9 Å². The normalized spacial score (nSPS) is 22.9. The summed E-state index contributed by atoms with van der Waals surface area (Å²) in [4.78, 5) is 15.6. The van der Waals surface area contributed by atoms with Gasteiger partial charge in [0.1, 0.15) is 0 Å². The predicted molar refractivity (Wildman–Crippen MR) is 219 cm³/mol. The molecule has 12 rings (SSSR count). The molecule has 4 bridgehead atoms. The van der Waals surface area contributed by atoms with E-state index in [1.54, 1.807) is 0 Å². The fourth-order valence-corrected chi connectivity index (χ4v) is 11.1. The van der Waals surface area contributed by atoms with Crippen LogP contribution >= 0.6 is 0 Å². The quantitative estimate of drug-likeness (QED) is 0.172. The first-order valence-electron chi connectivity index (χ1n) is 19.9. The summed E-state index contributed by atoms with van der Waals surface area (Å²) in [7, 11) is 0. The van der Waals surface area contributed by atoms with E-state index in [0.717, 1.165) is 45.6 Å². The lowest BCUT2D eigenvalue weighted by molar-refractivity contribution is -0.00518. The first kappa shape index (κ1) is 32.3. The molecule has 0 amide bonds. The number of hydrogen-bond donors (Lipinski definition) is 0. The van der Waals surface area contributed by atoms with Gasteiger partial charge in [0.15, 0.2) is 17.5 Å². The van der Waals surface area contributed by atoms with Gasteiger partial charge in [0.2, 0.25) is 0 Å². The van der Waals surface area contributed by atoms with Crippen LogP contribution in [0.15, 0.2) is 146 Å². The van der Waals surface area contributed by atoms with E-state index in [4.69, 9.17) is 15.0 Å². The van der Waals surface area contributed by atoms with Crippen molar-refractivity contribution >= 4 is 0 Å². The molecule has 4 heteroatoms.